The Bertz CT molecular complexity index is 1140. The van der Waals surface area contributed by atoms with Crippen LogP contribution in [0.25, 0.3) is 0 Å². The molecule has 1 heterocycles. The van der Waals surface area contributed by atoms with Crippen molar-refractivity contribution in [2.45, 2.75) is 179 Å². The van der Waals surface area contributed by atoms with E-state index in [9.17, 15) is 30.0 Å². The topological polar surface area (TPSA) is 163 Å². The number of carbonyl (C=O) groups excluding carboxylic acids is 1. The minimum Gasteiger partial charge on any atom is -0.481 e. The van der Waals surface area contributed by atoms with Gasteiger partial charge in [-0.3, -0.25) is 9.59 Å². The van der Waals surface area contributed by atoms with Crippen molar-refractivity contribution in [1.82, 2.24) is 0 Å². The lowest BCUT2D eigenvalue weighted by atomic mass is 9.90. The smallest absolute Gasteiger partial charge is 0.306 e. The highest BCUT2D eigenvalue weighted by Crippen LogP contribution is 2.26. The number of carboxylic acid groups (broad SMARTS) is 1. The molecule has 1 fully saturated rings. The van der Waals surface area contributed by atoms with E-state index in [1.807, 2.05) is 0 Å². The Morgan fingerprint density at radius 3 is 1.78 bits per heavy atom. The standard InChI is InChI=1S/C45H74O10/c1-3-5-7-9-11-13-15-16-17-18-19-21-23-25-27-33-41(49)54-38(36-53-45-44(52)43(51)42(50)39(35-46)55-45)34-37(31-28-29-32-40(47)48)30-26-24-22-20-14-12-10-8-6-4-2/h5-8,11-14,16-17,22,24,37-39,42-46,50-52H,3-4,9-10,15,18-21,23,25-36H2,1-2H3,(H,47,48)/t37?,38?,39-,42-,43+,44-,45+/m1/s1. The SMILES string of the molecule is CCC=CCC=CCC=CCCCCCCCC(=O)OC(CO[C@H]1O[C@H](CO)[C@@H](O)[C@H](O)[C@H]1O)CC(CCC=CCC=CCC=CCC)CCCCC(=O)O. The maximum atomic E-state index is 13.1. The van der Waals surface area contributed by atoms with Crippen LogP contribution in [0.5, 0.6) is 0 Å². The second-order valence-corrected chi connectivity index (χ2v) is 14.4. The number of hydrogen-bond acceptors (Lipinski definition) is 9. The largest absolute Gasteiger partial charge is 0.481 e. The van der Waals surface area contributed by atoms with Crippen molar-refractivity contribution >= 4 is 11.9 Å². The lowest BCUT2D eigenvalue weighted by Gasteiger charge is -2.40. The van der Waals surface area contributed by atoms with Gasteiger partial charge in [-0.25, -0.2) is 0 Å². The van der Waals surface area contributed by atoms with E-state index < -0.39 is 49.4 Å². The van der Waals surface area contributed by atoms with Crippen LogP contribution in [0.4, 0.5) is 0 Å². The Hall–Kier alpha value is -2.86. The fraction of sp³-hybridized carbons (Fsp3) is 0.689. The van der Waals surface area contributed by atoms with E-state index in [0.29, 0.717) is 25.7 Å². The van der Waals surface area contributed by atoms with Gasteiger partial charge in [0.25, 0.3) is 0 Å². The Balaban J connectivity index is 2.75. The first-order valence-corrected chi connectivity index (χ1v) is 21.0. The summed E-state index contributed by atoms with van der Waals surface area (Å²) < 4.78 is 17.4. The van der Waals surface area contributed by atoms with Crippen molar-refractivity contribution in [3.05, 3.63) is 72.9 Å². The van der Waals surface area contributed by atoms with Gasteiger partial charge in [0.2, 0.25) is 0 Å². The average molecular weight is 775 g/mol. The molecule has 0 amide bonds. The van der Waals surface area contributed by atoms with Crippen LogP contribution in [0.2, 0.25) is 0 Å². The number of hydrogen-bond donors (Lipinski definition) is 5. The molecule has 0 saturated carbocycles. The molecule has 2 unspecified atom stereocenters. The molecular formula is C45H74O10. The highest BCUT2D eigenvalue weighted by Gasteiger charge is 2.44. The fourth-order valence-corrected chi connectivity index (χ4v) is 6.31. The number of unbranched alkanes of at least 4 members (excludes halogenated alkanes) is 6. The number of esters is 1. The molecule has 0 bridgehead atoms. The molecule has 0 spiro atoms. The average Bonchev–Trinajstić information content (AvgIpc) is 3.17. The molecule has 1 aliphatic heterocycles. The Labute approximate surface area is 331 Å². The molecule has 1 rings (SSSR count). The molecule has 10 heteroatoms. The minimum absolute atomic E-state index is 0.0940. The molecule has 0 aromatic rings. The number of rotatable bonds is 33. The highest BCUT2D eigenvalue weighted by molar-refractivity contribution is 5.69. The van der Waals surface area contributed by atoms with Gasteiger partial charge in [-0.2, -0.15) is 0 Å². The zero-order chi connectivity index (χ0) is 40.4. The summed E-state index contributed by atoms with van der Waals surface area (Å²) in [5.41, 5.74) is 0. The first-order valence-electron chi connectivity index (χ1n) is 21.0. The van der Waals surface area contributed by atoms with Crippen LogP contribution in [0, 0.1) is 5.92 Å². The first-order chi connectivity index (χ1) is 26.7. The third-order valence-corrected chi connectivity index (χ3v) is 9.50. The van der Waals surface area contributed by atoms with E-state index in [-0.39, 0.29) is 31.3 Å². The summed E-state index contributed by atoms with van der Waals surface area (Å²) >= 11 is 0. The second kappa shape index (κ2) is 34.4. The Morgan fingerprint density at radius 1 is 0.636 bits per heavy atom. The molecule has 1 aliphatic rings. The molecule has 0 radical (unpaired) electrons. The van der Waals surface area contributed by atoms with Gasteiger partial charge in [0.15, 0.2) is 6.29 Å². The summed E-state index contributed by atoms with van der Waals surface area (Å²) in [4.78, 5) is 24.2. The molecule has 1 saturated heterocycles. The van der Waals surface area contributed by atoms with E-state index in [1.165, 1.54) is 0 Å². The molecule has 314 valence electrons. The summed E-state index contributed by atoms with van der Waals surface area (Å²) in [5, 5.41) is 49.7. The number of aliphatic hydroxyl groups is 4. The monoisotopic (exact) mass is 775 g/mol. The summed E-state index contributed by atoms with van der Waals surface area (Å²) in [7, 11) is 0. The minimum atomic E-state index is -1.58. The van der Waals surface area contributed by atoms with Crippen LogP contribution < -0.4 is 0 Å². The number of ether oxygens (including phenoxy) is 3. The van der Waals surface area contributed by atoms with Gasteiger partial charge in [-0.05, 0) is 89.4 Å². The van der Waals surface area contributed by atoms with Gasteiger partial charge in [-0.1, -0.05) is 119 Å². The van der Waals surface area contributed by atoms with Crippen LogP contribution in [-0.4, -0.2) is 87.5 Å². The molecule has 5 N–H and O–H groups in total. The maximum Gasteiger partial charge on any atom is 0.306 e. The molecule has 0 aliphatic carbocycles. The number of aliphatic hydroxyl groups excluding tert-OH is 4. The summed E-state index contributed by atoms with van der Waals surface area (Å²) in [6.07, 6.45) is 34.4. The van der Waals surface area contributed by atoms with Crippen LogP contribution in [0.3, 0.4) is 0 Å². The molecular weight excluding hydrogens is 700 g/mol. The molecule has 0 aromatic carbocycles. The number of allylic oxidation sites excluding steroid dienone is 12. The van der Waals surface area contributed by atoms with Gasteiger partial charge in [0.1, 0.15) is 30.5 Å². The van der Waals surface area contributed by atoms with E-state index in [2.05, 4.69) is 86.8 Å². The summed E-state index contributed by atoms with van der Waals surface area (Å²) in [6.45, 7) is 3.55. The molecule has 0 aromatic heterocycles. The van der Waals surface area contributed by atoms with Crippen LogP contribution in [-0.2, 0) is 23.8 Å². The van der Waals surface area contributed by atoms with Gasteiger partial charge in [0, 0.05) is 12.8 Å². The third kappa shape index (κ3) is 26.6. The Kier molecular flexibility index (Phi) is 31.4. The zero-order valence-corrected chi connectivity index (χ0v) is 33.8. The zero-order valence-electron chi connectivity index (χ0n) is 33.8. The molecule has 10 nitrogen and oxygen atoms in total. The maximum absolute atomic E-state index is 13.1. The lowest BCUT2D eigenvalue weighted by molar-refractivity contribution is -0.305. The van der Waals surface area contributed by atoms with Crippen molar-refractivity contribution in [2.75, 3.05) is 13.2 Å². The predicted molar refractivity (Wildman–Crippen MR) is 219 cm³/mol. The predicted octanol–water partition coefficient (Wildman–Crippen LogP) is 8.59. The van der Waals surface area contributed by atoms with Gasteiger partial charge >= 0.3 is 11.9 Å². The normalized spacial score (nSPS) is 22.0. The third-order valence-electron chi connectivity index (χ3n) is 9.50. The molecule has 55 heavy (non-hydrogen) atoms. The van der Waals surface area contributed by atoms with E-state index in [1.54, 1.807) is 0 Å². The van der Waals surface area contributed by atoms with Crippen molar-refractivity contribution < 1.29 is 49.3 Å². The Morgan fingerprint density at radius 2 is 1.18 bits per heavy atom. The number of carbonyl (C=O) groups is 2. The van der Waals surface area contributed by atoms with E-state index >= 15 is 0 Å². The van der Waals surface area contributed by atoms with Gasteiger partial charge in [0.05, 0.1) is 13.2 Å². The van der Waals surface area contributed by atoms with Crippen molar-refractivity contribution in [1.29, 1.82) is 0 Å². The fourth-order valence-electron chi connectivity index (χ4n) is 6.31. The van der Waals surface area contributed by atoms with Crippen LogP contribution >= 0.6 is 0 Å². The van der Waals surface area contributed by atoms with Crippen molar-refractivity contribution in [2.24, 2.45) is 5.92 Å². The first kappa shape index (κ1) is 50.2. The number of aliphatic carboxylic acids is 1. The summed E-state index contributed by atoms with van der Waals surface area (Å²) in [6, 6.07) is 0. The van der Waals surface area contributed by atoms with Crippen LogP contribution in [0.1, 0.15) is 142 Å². The van der Waals surface area contributed by atoms with Gasteiger partial charge in [-0.15, -0.1) is 0 Å². The second-order valence-electron chi connectivity index (χ2n) is 14.4. The van der Waals surface area contributed by atoms with Crippen LogP contribution in [0.15, 0.2) is 72.9 Å². The van der Waals surface area contributed by atoms with Crippen molar-refractivity contribution in [3.8, 4) is 0 Å². The number of carboxylic acids is 1. The molecule has 7 atom stereocenters. The van der Waals surface area contributed by atoms with Gasteiger partial charge < -0.3 is 39.7 Å². The highest BCUT2D eigenvalue weighted by atomic mass is 16.7. The summed E-state index contributed by atoms with van der Waals surface area (Å²) in [5.74, 6) is -1.06. The van der Waals surface area contributed by atoms with E-state index in [4.69, 9.17) is 19.3 Å². The lowest BCUT2D eigenvalue weighted by Crippen LogP contribution is -2.59. The van der Waals surface area contributed by atoms with Crippen molar-refractivity contribution in [3.63, 3.8) is 0 Å². The quantitative estimate of drug-likeness (QED) is 0.0248. The van der Waals surface area contributed by atoms with E-state index in [0.717, 1.165) is 89.9 Å².